The second-order valence-corrected chi connectivity index (χ2v) is 6.80. The second-order valence-electron chi connectivity index (χ2n) is 6.01. The van der Waals surface area contributed by atoms with E-state index in [-0.39, 0.29) is 23.9 Å². The van der Waals surface area contributed by atoms with Crippen LogP contribution in [-0.2, 0) is 14.4 Å². The molecular weight excluding hydrogens is 361 g/mol. The van der Waals surface area contributed by atoms with Gasteiger partial charge in [0.25, 0.3) is 0 Å². The lowest BCUT2D eigenvalue weighted by atomic mass is 9.84. The van der Waals surface area contributed by atoms with Gasteiger partial charge in [0.15, 0.2) is 11.6 Å². The highest BCUT2D eigenvalue weighted by Crippen LogP contribution is 2.30. The number of rotatable bonds is 5. The highest BCUT2D eigenvalue weighted by Gasteiger charge is 2.27. The molecule has 1 amide bonds. The molecule has 0 aliphatic heterocycles. The molecule has 0 heterocycles. The number of hydrogen-bond donors (Lipinski definition) is 1. The number of anilines is 1. The van der Waals surface area contributed by atoms with Crippen molar-refractivity contribution in [2.45, 2.75) is 40.0 Å². The van der Waals surface area contributed by atoms with Crippen molar-refractivity contribution in [2.24, 2.45) is 0 Å². The van der Waals surface area contributed by atoms with E-state index in [4.69, 9.17) is 23.2 Å². The number of nitrogens with one attached hydrogen (secondary N) is 1. The minimum absolute atomic E-state index is 0.0951. The summed E-state index contributed by atoms with van der Waals surface area (Å²) >= 11 is 11.9. The van der Waals surface area contributed by atoms with E-state index in [0.717, 1.165) is 0 Å². The molecule has 1 N–H and O–H groups in total. The molecule has 1 aromatic carbocycles. The Hall–Kier alpha value is -1.91. The van der Waals surface area contributed by atoms with Crippen LogP contribution < -0.4 is 5.32 Å². The summed E-state index contributed by atoms with van der Waals surface area (Å²) in [6.07, 6.45) is 1.06. The van der Waals surface area contributed by atoms with Crippen LogP contribution in [0, 0.1) is 0 Å². The van der Waals surface area contributed by atoms with Crippen LogP contribution in [-0.4, -0.2) is 17.5 Å². The Bertz CT molecular complexity index is 822. The molecule has 1 aliphatic carbocycles. The highest BCUT2D eigenvalue weighted by atomic mass is 35.5. The van der Waals surface area contributed by atoms with Gasteiger partial charge in [-0.05, 0) is 45.7 Å². The molecule has 0 saturated carbocycles. The molecule has 0 radical (unpaired) electrons. The van der Waals surface area contributed by atoms with Crippen molar-refractivity contribution in [3.63, 3.8) is 0 Å². The fraction of sp³-hybridized carbons (Fsp3) is 0.316. The van der Waals surface area contributed by atoms with Crippen molar-refractivity contribution in [3.8, 4) is 0 Å². The first-order valence-corrected chi connectivity index (χ1v) is 8.70. The molecule has 0 spiro atoms. The number of Topliss-reactive ketones (excluding diaryl/α,β-unsaturated/α-hetero) is 2. The third-order valence-corrected chi connectivity index (χ3v) is 5.19. The number of benzene rings is 1. The van der Waals surface area contributed by atoms with Crippen LogP contribution in [0.1, 0.15) is 40.0 Å². The van der Waals surface area contributed by atoms with Crippen LogP contribution in [0.15, 0.2) is 40.5 Å². The molecule has 0 bridgehead atoms. The number of ketones is 2. The summed E-state index contributed by atoms with van der Waals surface area (Å²) in [5.74, 6) is -0.421. The Labute approximate surface area is 156 Å². The highest BCUT2D eigenvalue weighted by molar-refractivity contribution is 6.44. The third-order valence-electron chi connectivity index (χ3n) is 4.37. The van der Waals surface area contributed by atoms with E-state index >= 15 is 0 Å². The number of amides is 1. The Morgan fingerprint density at radius 1 is 1.00 bits per heavy atom. The van der Waals surface area contributed by atoms with E-state index in [1.807, 2.05) is 0 Å². The predicted octanol–water partition coefficient (Wildman–Crippen LogP) is 4.91. The minimum Gasteiger partial charge on any atom is -0.325 e. The molecule has 0 unspecified atom stereocenters. The lowest BCUT2D eigenvalue weighted by Gasteiger charge is -2.18. The topological polar surface area (TPSA) is 63.2 Å². The van der Waals surface area contributed by atoms with E-state index in [1.54, 1.807) is 39.0 Å². The molecule has 6 heteroatoms. The quantitative estimate of drug-likeness (QED) is 0.739. The fourth-order valence-corrected chi connectivity index (χ4v) is 3.04. The number of hydrogen-bond acceptors (Lipinski definition) is 3. The van der Waals surface area contributed by atoms with Gasteiger partial charge in [-0.15, -0.1) is 0 Å². The summed E-state index contributed by atoms with van der Waals surface area (Å²) < 4.78 is 0. The molecule has 0 atom stereocenters. The molecule has 132 valence electrons. The van der Waals surface area contributed by atoms with Gasteiger partial charge < -0.3 is 5.32 Å². The zero-order chi connectivity index (χ0) is 18.7. The van der Waals surface area contributed by atoms with Gasteiger partial charge in [-0.1, -0.05) is 29.3 Å². The van der Waals surface area contributed by atoms with Crippen molar-refractivity contribution in [3.05, 3.63) is 50.5 Å². The van der Waals surface area contributed by atoms with Gasteiger partial charge in [-0.3, -0.25) is 14.4 Å². The van der Waals surface area contributed by atoms with E-state index in [2.05, 4.69) is 5.32 Å². The Morgan fingerprint density at radius 2 is 1.64 bits per heavy atom. The smallest absolute Gasteiger partial charge is 0.224 e. The molecule has 4 nitrogen and oxygen atoms in total. The summed E-state index contributed by atoms with van der Waals surface area (Å²) in [7, 11) is 0. The van der Waals surface area contributed by atoms with Crippen molar-refractivity contribution in [1.29, 1.82) is 0 Å². The standard InChI is InChI=1S/C19H19Cl2NO3/c1-10-11(2)19(25)13(12(3)18(10)24)6-4-9-16(23)22-15-8-5-7-14(20)17(15)21/h5,7-8H,4,6,9H2,1-3H3,(H,22,23). The van der Waals surface area contributed by atoms with Crippen LogP contribution in [0.5, 0.6) is 0 Å². The Kier molecular flexibility index (Phi) is 6.20. The first kappa shape index (κ1) is 19.4. The molecule has 0 fully saturated rings. The van der Waals surface area contributed by atoms with Crippen LogP contribution in [0.25, 0.3) is 0 Å². The summed E-state index contributed by atoms with van der Waals surface area (Å²) in [5, 5.41) is 3.36. The molecular formula is C19H19Cl2NO3. The monoisotopic (exact) mass is 379 g/mol. The summed E-state index contributed by atoms with van der Waals surface area (Å²) in [4.78, 5) is 36.5. The largest absolute Gasteiger partial charge is 0.325 e. The number of halogens is 2. The molecule has 0 aromatic heterocycles. The summed E-state index contributed by atoms with van der Waals surface area (Å²) in [6, 6.07) is 5.00. The molecule has 1 aromatic rings. The van der Waals surface area contributed by atoms with Gasteiger partial charge in [-0.2, -0.15) is 0 Å². The SMILES string of the molecule is CC1=C(C)C(=O)C(CCCC(=O)Nc2cccc(Cl)c2Cl)=C(C)C1=O. The van der Waals surface area contributed by atoms with Crippen molar-refractivity contribution < 1.29 is 14.4 Å². The van der Waals surface area contributed by atoms with Gasteiger partial charge in [0.05, 0.1) is 15.7 Å². The van der Waals surface area contributed by atoms with E-state index < -0.39 is 0 Å². The number of allylic oxidation sites excluding steroid dienone is 4. The van der Waals surface area contributed by atoms with Gasteiger partial charge in [-0.25, -0.2) is 0 Å². The van der Waals surface area contributed by atoms with Crippen molar-refractivity contribution in [1.82, 2.24) is 0 Å². The van der Waals surface area contributed by atoms with Crippen LogP contribution in [0.4, 0.5) is 5.69 Å². The van der Waals surface area contributed by atoms with Gasteiger partial charge >= 0.3 is 0 Å². The third kappa shape index (κ3) is 4.20. The average Bonchev–Trinajstić information content (AvgIpc) is 2.58. The zero-order valence-corrected chi connectivity index (χ0v) is 15.8. The average molecular weight is 380 g/mol. The number of carbonyl (C=O) groups excluding carboxylic acids is 3. The molecule has 1 aliphatic rings. The lowest BCUT2D eigenvalue weighted by molar-refractivity contribution is -0.117. The van der Waals surface area contributed by atoms with Crippen molar-refractivity contribution >= 4 is 46.4 Å². The second kappa shape index (κ2) is 7.98. The lowest BCUT2D eigenvalue weighted by Crippen LogP contribution is -2.21. The van der Waals surface area contributed by atoms with Crippen LogP contribution in [0.3, 0.4) is 0 Å². The van der Waals surface area contributed by atoms with Gasteiger partial charge in [0.1, 0.15) is 0 Å². The minimum atomic E-state index is -0.222. The predicted molar refractivity (Wildman–Crippen MR) is 100 cm³/mol. The molecule has 0 saturated heterocycles. The van der Waals surface area contributed by atoms with E-state index in [1.165, 1.54) is 0 Å². The van der Waals surface area contributed by atoms with E-state index in [0.29, 0.717) is 50.9 Å². The molecule has 2 rings (SSSR count). The van der Waals surface area contributed by atoms with Crippen LogP contribution in [0.2, 0.25) is 10.0 Å². The summed E-state index contributed by atoms with van der Waals surface area (Å²) in [5.41, 5.74) is 2.42. The number of carbonyl (C=O) groups is 3. The van der Waals surface area contributed by atoms with Gasteiger partial charge in [0, 0.05) is 28.7 Å². The summed E-state index contributed by atoms with van der Waals surface area (Å²) in [6.45, 7) is 4.99. The first-order chi connectivity index (χ1) is 11.7. The maximum absolute atomic E-state index is 12.3. The van der Waals surface area contributed by atoms with Gasteiger partial charge in [0.2, 0.25) is 5.91 Å². The normalized spacial score (nSPS) is 15.1. The maximum Gasteiger partial charge on any atom is 0.224 e. The Morgan fingerprint density at radius 3 is 2.32 bits per heavy atom. The van der Waals surface area contributed by atoms with Crippen molar-refractivity contribution in [2.75, 3.05) is 5.32 Å². The molecule has 25 heavy (non-hydrogen) atoms. The maximum atomic E-state index is 12.3. The Balaban J connectivity index is 1.96. The van der Waals surface area contributed by atoms with Crippen LogP contribution >= 0.6 is 23.2 Å². The first-order valence-electron chi connectivity index (χ1n) is 7.94. The fourth-order valence-electron chi connectivity index (χ4n) is 2.70. The zero-order valence-electron chi connectivity index (χ0n) is 14.3. The van der Waals surface area contributed by atoms with E-state index in [9.17, 15) is 14.4 Å².